The van der Waals surface area contributed by atoms with E-state index in [9.17, 15) is 18.0 Å². The van der Waals surface area contributed by atoms with Gasteiger partial charge in [0, 0.05) is 32.2 Å². The van der Waals surface area contributed by atoms with Crippen LogP contribution < -0.4 is 5.32 Å². The second-order valence-corrected chi connectivity index (χ2v) is 9.97. The van der Waals surface area contributed by atoms with Crippen LogP contribution in [0.1, 0.15) is 24.0 Å². The van der Waals surface area contributed by atoms with E-state index < -0.39 is 10.0 Å². The van der Waals surface area contributed by atoms with Gasteiger partial charge in [-0.3, -0.25) is 14.5 Å². The predicted octanol–water partition coefficient (Wildman–Crippen LogP) is 0.347. The van der Waals surface area contributed by atoms with Crippen LogP contribution in [-0.2, 0) is 19.6 Å². The van der Waals surface area contributed by atoms with Crippen molar-refractivity contribution < 1.29 is 18.0 Å². The number of carbonyl (C=O) groups excluding carboxylic acids is 2. The first-order valence-electron chi connectivity index (χ1n) is 10.00. The number of hydrogen-bond acceptors (Lipinski definition) is 5. The van der Waals surface area contributed by atoms with Gasteiger partial charge in [-0.1, -0.05) is 12.1 Å². The molecule has 1 N–H and O–H groups in total. The summed E-state index contributed by atoms with van der Waals surface area (Å²) in [4.78, 5) is 28.1. The van der Waals surface area contributed by atoms with Crippen molar-refractivity contribution in [1.29, 1.82) is 0 Å². The van der Waals surface area contributed by atoms with Gasteiger partial charge in [0.2, 0.25) is 21.8 Å². The number of amides is 2. The average molecular weight is 423 g/mol. The molecule has 1 aliphatic heterocycles. The summed E-state index contributed by atoms with van der Waals surface area (Å²) in [5.74, 6) is -0.150. The Morgan fingerprint density at radius 2 is 1.76 bits per heavy atom. The Balaban J connectivity index is 1.52. The van der Waals surface area contributed by atoms with Gasteiger partial charge in [-0.15, -0.1) is 0 Å². The summed E-state index contributed by atoms with van der Waals surface area (Å²) < 4.78 is 27.4. The number of hydrogen-bond donors (Lipinski definition) is 1. The van der Waals surface area contributed by atoms with Gasteiger partial charge in [-0.05, 0) is 50.9 Å². The maximum atomic E-state index is 13.0. The summed E-state index contributed by atoms with van der Waals surface area (Å²) in [5.41, 5.74) is 1.62. The smallest absolute Gasteiger partial charge is 0.243 e. The average Bonchev–Trinajstić information content (AvgIpc) is 3.47. The monoisotopic (exact) mass is 422 g/mol. The van der Waals surface area contributed by atoms with Crippen molar-refractivity contribution in [3.05, 3.63) is 29.3 Å². The van der Waals surface area contributed by atoms with Gasteiger partial charge < -0.3 is 10.2 Å². The van der Waals surface area contributed by atoms with Crippen LogP contribution in [0, 0.1) is 13.8 Å². The first-order chi connectivity index (χ1) is 13.7. The lowest BCUT2D eigenvalue weighted by molar-refractivity contribution is -0.133. The fraction of sp³-hybridized carbons (Fsp3) is 0.600. The standard InChI is InChI=1S/C20H30N4O4S/c1-15-4-5-16(2)18(12-15)29(27,28)24-10-8-23(9-11-24)20(26)14-22(3)13-19(25)21-17-6-7-17/h4-5,12,17H,6-11,13-14H2,1-3H3,(H,21,25). The predicted molar refractivity (Wildman–Crippen MR) is 110 cm³/mol. The topological polar surface area (TPSA) is 90.0 Å². The van der Waals surface area contributed by atoms with Crippen molar-refractivity contribution in [3.8, 4) is 0 Å². The molecule has 1 saturated heterocycles. The number of sulfonamides is 1. The number of likely N-dealkylation sites (N-methyl/N-ethyl adjacent to an activating group) is 1. The zero-order chi connectivity index (χ0) is 21.2. The first-order valence-corrected chi connectivity index (χ1v) is 11.4. The molecule has 160 valence electrons. The molecule has 1 heterocycles. The van der Waals surface area contributed by atoms with Gasteiger partial charge in [-0.25, -0.2) is 8.42 Å². The minimum Gasteiger partial charge on any atom is -0.352 e. The van der Waals surface area contributed by atoms with Gasteiger partial charge in [0.25, 0.3) is 0 Å². The van der Waals surface area contributed by atoms with E-state index in [0.717, 1.165) is 24.0 Å². The van der Waals surface area contributed by atoms with Crippen LogP contribution >= 0.6 is 0 Å². The Hall–Kier alpha value is -1.97. The second-order valence-electron chi connectivity index (χ2n) is 8.07. The van der Waals surface area contributed by atoms with Gasteiger partial charge >= 0.3 is 0 Å². The Bertz CT molecular complexity index is 874. The third kappa shape index (κ3) is 5.55. The number of piperazine rings is 1. The second kappa shape index (κ2) is 8.81. The van der Waals surface area contributed by atoms with E-state index in [1.165, 1.54) is 4.31 Å². The molecule has 9 heteroatoms. The molecular formula is C20H30N4O4S. The largest absolute Gasteiger partial charge is 0.352 e. The molecule has 29 heavy (non-hydrogen) atoms. The number of benzene rings is 1. The number of nitrogens with one attached hydrogen (secondary N) is 1. The highest BCUT2D eigenvalue weighted by atomic mass is 32.2. The first kappa shape index (κ1) is 21.7. The lowest BCUT2D eigenvalue weighted by atomic mass is 10.2. The zero-order valence-electron chi connectivity index (χ0n) is 17.3. The molecule has 1 aliphatic carbocycles. The zero-order valence-corrected chi connectivity index (χ0v) is 18.2. The number of carbonyl (C=O) groups is 2. The van der Waals surface area contributed by atoms with Gasteiger partial charge in [-0.2, -0.15) is 4.31 Å². The fourth-order valence-electron chi connectivity index (χ4n) is 3.44. The Morgan fingerprint density at radius 3 is 2.38 bits per heavy atom. The van der Waals surface area contributed by atoms with Crippen LogP contribution in [0.25, 0.3) is 0 Å². The summed E-state index contributed by atoms with van der Waals surface area (Å²) in [6.45, 7) is 5.24. The lowest BCUT2D eigenvalue weighted by Crippen LogP contribution is -2.52. The molecule has 0 radical (unpaired) electrons. The molecule has 0 unspecified atom stereocenters. The summed E-state index contributed by atoms with van der Waals surface area (Å²) in [6, 6.07) is 5.71. The summed E-state index contributed by atoms with van der Waals surface area (Å²) in [7, 11) is -1.84. The molecular weight excluding hydrogens is 392 g/mol. The highest BCUT2D eigenvalue weighted by Gasteiger charge is 2.31. The van der Waals surface area contributed by atoms with E-state index >= 15 is 0 Å². The lowest BCUT2D eigenvalue weighted by Gasteiger charge is -2.35. The Morgan fingerprint density at radius 1 is 1.10 bits per heavy atom. The molecule has 0 spiro atoms. The maximum Gasteiger partial charge on any atom is 0.243 e. The maximum absolute atomic E-state index is 13.0. The van der Waals surface area contributed by atoms with Gasteiger partial charge in [0.15, 0.2) is 0 Å². The molecule has 0 atom stereocenters. The quantitative estimate of drug-likeness (QED) is 0.685. The summed E-state index contributed by atoms with van der Waals surface area (Å²) >= 11 is 0. The molecule has 8 nitrogen and oxygen atoms in total. The molecule has 2 fully saturated rings. The van der Waals surface area contributed by atoms with Crippen LogP contribution in [0.4, 0.5) is 0 Å². The molecule has 0 bridgehead atoms. The van der Waals surface area contributed by atoms with Crippen LogP contribution in [-0.4, -0.2) is 86.7 Å². The summed E-state index contributed by atoms with van der Waals surface area (Å²) in [6.07, 6.45) is 2.06. The van der Waals surface area contributed by atoms with Crippen molar-refractivity contribution in [1.82, 2.24) is 19.4 Å². The van der Waals surface area contributed by atoms with E-state index in [1.807, 2.05) is 19.1 Å². The molecule has 1 saturated carbocycles. The van der Waals surface area contributed by atoms with Crippen LogP contribution in [0.15, 0.2) is 23.1 Å². The SMILES string of the molecule is Cc1ccc(C)c(S(=O)(=O)N2CCN(C(=O)CN(C)CC(=O)NC3CC3)CC2)c1. The van der Waals surface area contributed by atoms with E-state index in [4.69, 9.17) is 0 Å². The molecule has 2 aliphatic rings. The molecule has 1 aromatic rings. The third-order valence-electron chi connectivity index (χ3n) is 5.31. The van der Waals surface area contributed by atoms with Crippen molar-refractivity contribution in [2.45, 2.75) is 37.6 Å². The molecule has 1 aromatic carbocycles. The Kier molecular flexibility index (Phi) is 6.60. The minimum absolute atomic E-state index is 0.0627. The number of rotatable bonds is 7. The van der Waals surface area contributed by atoms with Crippen LogP contribution in [0.5, 0.6) is 0 Å². The van der Waals surface area contributed by atoms with E-state index in [2.05, 4.69) is 5.32 Å². The molecule has 2 amide bonds. The minimum atomic E-state index is -3.58. The van der Waals surface area contributed by atoms with Gasteiger partial charge in [0.1, 0.15) is 0 Å². The van der Waals surface area contributed by atoms with E-state index in [0.29, 0.717) is 24.0 Å². The third-order valence-corrected chi connectivity index (χ3v) is 7.35. The van der Waals surface area contributed by atoms with Crippen molar-refractivity contribution in [2.24, 2.45) is 0 Å². The highest BCUT2D eigenvalue weighted by molar-refractivity contribution is 7.89. The van der Waals surface area contributed by atoms with Crippen molar-refractivity contribution >= 4 is 21.8 Å². The van der Waals surface area contributed by atoms with Crippen molar-refractivity contribution in [3.63, 3.8) is 0 Å². The normalized spacial score (nSPS) is 18.1. The van der Waals surface area contributed by atoms with Gasteiger partial charge in [0.05, 0.1) is 18.0 Å². The van der Waals surface area contributed by atoms with Crippen LogP contribution in [0.2, 0.25) is 0 Å². The van der Waals surface area contributed by atoms with E-state index in [1.54, 1.807) is 29.8 Å². The molecule has 3 rings (SSSR count). The number of nitrogens with zero attached hydrogens (tertiary/aromatic N) is 3. The fourth-order valence-corrected chi connectivity index (χ4v) is 5.17. The van der Waals surface area contributed by atoms with E-state index in [-0.39, 0.29) is 38.0 Å². The van der Waals surface area contributed by atoms with Crippen molar-refractivity contribution in [2.75, 3.05) is 46.3 Å². The van der Waals surface area contributed by atoms with Crippen LogP contribution in [0.3, 0.4) is 0 Å². The molecule has 0 aromatic heterocycles. The number of aryl methyl sites for hydroxylation is 2. The summed E-state index contributed by atoms with van der Waals surface area (Å²) in [5, 5.41) is 2.91. The Labute approximate surface area is 172 Å². The highest BCUT2D eigenvalue weighted by Crippen LogP contribution is 2.22.